The minimum atomic E-state index is 0.370. The summed E-state index contributed by atoms with van der Waals surface area (Å²) in [5.41, 5.74) is 5.01. The molecule has 0 amide bonds. The van der Waals surface area contributed by atoms with Crippen LogP contribution < -0.4 is 10.1 Å². The lowest BCUT2D eigenvalue weighted by atomic mass is 10.1. The lowest BCUT2D eigenvalue weighted by molar-refractivity contribution is 0.412. The van der Waals surface area contributed by atoms with Crippen LogP contribution in [0, 0.1) is 6.92 Å². The van der Waals surface area contributed by atoms with Crippen LogP contribution in [-0.2, 0) is 6.42 Å². The molecule has 104 valence electrons. The van der Waals surface area contributed by atoms with E-state index < -0.39 is 0 Å². The van der Waals surface area contributed by atoms with Gasteiger partial charge in [-0.25, -0.2) is 0 Å². The average Bonchev–Trinajstić information content (AvgIpc) is 2.81. The minimum absolute atomic E-state index is 0.370. The highest BCUT2D eigenvalue weighted by Gasteiger charge is 2.22. The van der Waals surface area contributed by atoms with Crippen LogP contribution >= 0.6 is 11.6 Å². The molecule has 0 aromatic heterocycles. The van der Waals surface area contributed by atoms with Crippen molar-refractivity contribution in [3.05, 3.63) is 58.1 Å². The number of rotatable bonds is 3. The van der Waals surface area contributed by atoms with E-state index in [1.807, 2.05) is 12.1 Å². The molecule has 3 rings (SSSR count). The number of fused-ring (bicyclic) bond motifs is 1. The molecule has 1 unspecified atom stereocenters. The van der Waals surface area contributed by atoms with Gasteiger partial charge in [0.1, 0.15) is 5.75 Å². The number of hydrogen-bond acceptors (Lipinski definition) is 2. The largest absolute Gasteiger partial charge is 0.496 e. The highest BCUT2D eigenvalue weighted by atomic mass is 35.5. The van der Waals surface area contributed by atoms with Crippen LogP contribution in [0.1, 0.15) is 29.2 Å². The lowest BCUT2D eigenvalue weighted by Crippen LogP contribution is -2.07. The zero-order valence-corrected chi connectivity index (χ0v) is 12.5. The molecular formula is C17H18ClNO. The topological polar surface area (TPSA) is 21.3 Å². The van der Waals surface area contributed by atoms with Crippen molar-refractivity contribution in [2.75, 3.05) is 12.4 Å². The first-order chi connectivity index (χ1) is 9.67. The molecule has 0 saturated carbocycles. The summed E-state index contributed by atoms with van der Waals surface area (Å²) in [4.78, 5) is 0. The molecule has 0 bridgehead atoms. The van der Waals surface area contributed by atoms with Gasteiger partial charge in [-0.05, 0) is 66.8 Å². The van der Waals surface area contributed by atoms with Gasteiger partial charge in [0.25, 0.3) is 0 Å². The zero-order chi connectivity index (χ0) is 14.1. The van der Waals surface area contributed by atoms with E-state index in [4.69, 9.17) is 16.3 Å². The van der Waals surface area contributed by atoms with Gasteiger partial charge < -0.3 is 10.1 Å². The maximum atomic E-state index is 6.05. The van der Waals surface area contributed by atoms with Gasteiger partial charge in [-0.15, -0.1) is 0 Å². The van der Waals surface area contributed by atoms with E-state index >= 15 is 0 Å². The second-order valence-corrected chi connectivity index (χ2v) is 5.70. The summed E-state index contributed by atoms with van der Waals surface area (Å²) >= 11 is 6.05. The molecule has 0 aliphatic heterocycles. The van der Waals surface area contributed by atoms with Crippen LogP contribution in [0.4, 0.5) is 5.69 Å². The van der Waals surface area contributed by atoms with E-state index in [0.29, 0.717) is 6.04 Å². The van der Waals surface area contributed by atoms with E-state index in [1.54, 1.807) is 7.11 Å². The molecule has 1 aliphatic rings. The Hall–Kier alpha value is -1.67. The fraction of sp³-hybridized carbons (Fsp3) is 0.294. The highest BCUT2D eigenvalue weighted by Crippen LogP contribution is 2.35. The number of benzene rings is 2. The molecule has 0 heterocycles. The Labute approximate surface area is 124 Å². The SMILES string of the molecule is COc1ccc(NC2CCc3cc(Cl)ccc32)cc1C. The van der Waals surface area contributed by atoms with Crippen molar-refractivity contribution in [1.29, 1.82) is 0 Å². The Kier molecular flexibility index (Phi) is 3.58. The average molecular weight is 288 g/mol. The van der Waals surface area contributed by atoms with Crippen LogP contribution in [0.5, 0.6) is 5.75 Å². The van der Waals surface area contributed by atoms with E-state index in [1.165, 1.54) is 11.1 Å². The number of hydrogen-bond donors (Lipinski definition) is 1. The molecule has 0 saturated heterocycles. The smallest absolute Gasteiger partial charge is 0.121 e. The van der Waals surface area contributed by atoms with E-state index in [0.717, 1.165) is 34.9 Å². The highest BCUT2D eigenvalue weighted by molar-refractivity contribution is 6.30. The first-order valence-corrected chi connectivity index (χ1v) is 7.24. The van der Waals surface area contributed by atoms with Gasteiger partial charge in [0.2, 0.25) is 0 Å². The predicted octanol–water partition coefficient (Wildman–Crippen LogP) is 4.76. The molecular weight excluding hydrogens is 270 g/mol. The van der Waals surface area contributed by atoms with Crippen molar-refractivity contribution in [2.45, 2.75) is 25.8 Å². The molecule has 2 aromatic rings. The summed E-state index contributed by atoms with van der Waals surface area (Å²) in [6, 6.07) is 12.8. The number of methoxy groups -OCH3 is 1. The quantitative estimate of drug-likeness (QED) is 0.879. The standard InChI is InChI=1S/C17H18ClNO/c1-11-9-14(5-8-17(11)20-2)19-16-7-3-12-10-13(18)4-6-15(12)16/h4-6,8-10,16,19H,3,7H2,1-2H3. The summed E-state index contributed by atoms with van der Waals surface area (Å²) in [5.74, 6) is 0.925. The van der Waals surface area contributed by atoms with Crippen molar-refractivity contribution in [3.63, 3.8) is 0 Å². The van der Waals surface area contributed by atoms with E-state index in [9.17, 15) is 0 Å². The third-order valence-electron chi connectivity index (χ3n) is 3.92. The number of aryl methyl sites for hydroxylation is 2. The predicted molar refractivity (Wildman–Crippen MR) is 83.9 cm³/mol. The summed E-state index contributed by atoms with van der Waals surface area (Å²) in [5, 5.41) is 4.43. The Bertz CT molecular complexity index is 639. The van der Waals surface area contributed by atoms with E-state index in [-0.39, 0.29) is 0 Å². The molecule has 2 nitrogen and oxygen atoms in total. The van der Waals surface area contributed by atoms with Gasteiger partial charge in [0, 0.05) is 10.7 Å². The maximum absolute atomic E-state index is 6.05. The Morgan fingerprint density at radius 3 is 2.80 bits per heavy atom. The van der Waals surface area contributed by atoms with Crippen molar-refractivity contribution in [1.82, 2.24) is 0 Å². The molecule has 0 radical (unpaired) electrons. The Balaban J connectivity index is 1.82. The van der Waals surface area contributed by atoms with Crippen LogP contribution in [0.3, 0.4) is 0 Å². The molecule has 20 heavy (non-hydrogen) atoms. The van der Waals surface area contributed by atoms with Crippen molar-refractivity contribution >= 4 is 17.3 Å². The van der Waals surface area contributed by atoms with Gasteiger partial charge in [-0.1, -0.05) is 17.7 Å². The normalized spacial score (nSPS) is 16.9. The van der Waals surface area contributed by atoms with Gasteiger partial charge in [-0.2, -0.15) is 0 Å². The molecule has 1 N–H and O–H groups in total. The van der Waals surface area contributed by atoms with E-state index in [2.05, 4.69) is 36.5 Å². The van der Waals surface area contributed by atoms with Crippen molar-refractivity contribution in [2.24, 2.45) is 0 Å². The summed E-state index contributed by atoms with van der Waals surface area (Å²) in [6.45, 7) is 2.06. The number of halogens is 1. The third-order valence-corrected chi connectivity index (χ3v) is 4.15. The third kappa shape index (κ3) is 2.48. The zero-order valence-electron chi connectivity index (χ0n) is 11.7. The lowest BCUT2D eigenvalue weighted by Gasteiger charge is -2.17. The molecule has 1 aliphatic carbocycles. The van der Waals surface area contributed by atoms with Crippen molar-refractivity contribution < 1.29 is 4.74 Å². The Morgan fingerprint density at radius 2 is 2.05 bits per heavy atom. The maximum Gasteiger partial charge on any atom is 0.121 e. The summed E-state index contributed by atoms with van der Waals surface area (Å²) in [6.07, 6.45) is 2.20. The first-order valence-electron chi connectivity index (χ1n) is 6.87. The second-order valence-electron chi connectivity index (χ2n) is 5.26. The molecule has 3 heteroatoms. The number of nitrogens with one attached hydrogen (secondary N) is 1. The molecule has 2 aromatic carbocycles. The summed E-state index contributed by atoms with van der Waals surface area (Å²) in [7, 11) is 1.70. The van der Waals surface area contributed by atoms with Crippen LogP contribution in [-0.4, -0.2) is 7.11 Å². The summed E-state index contributed by atoms with van der Waals surface area (Å²) < 4.78 is 5.30. The van der Waals surface area contributed by atoms with Crippen molar-refractivity contribution in [3.8, 4) is 5.75 Å². The minimum Gasteiger partial charge on any atom is -0.496 e. The molecule has 1 atom stereocenters. The Morgan fingerprint density at radius 1 is 1.20 bits per heavy atom. The number of anilines is 1. The van der Waals surface area contributed by atoms with Gasteiger partial charge in [0.05, 0.1) is 13.2 Å². The van der Waals surface area contributed by atoms with Gasteiger partial charge in [0.15, 0.2) is 0 Å². The van der Waals surface area contributed by atoms with Gasteiger partial charge in [-0.3, -0.25) is 0 Å². The fourth-order valence-corrected chi connectivity index (χ4v) is 3.10. The monoisotopic (exact) mass is 287 g/mol. The molecule has 0 fully saturated rings. The van der Waals surface area contributed by atoms with Crippen LogP contribution in [0.25, 0.3) is 0 Å². The van der Waals surface area contributed by atoms with Gasteiger partial charge >= 0.3 is 0 Å². The van der Waals surface area contributed by atoms with Crippen LogP contribution in [0.2, 0.25) is 5.02 Å². The fourth-order valence-electron chi connectivity index (χ4n) is 2.91. The first kappa shape index (κ1) is 13.3. The number of ether oxygens (including phenoxy) is 1. The van der Waals surface area contributed by atoms with Crippen LogP contribution in [0.15, 0.2) is 36.4 Å². The molecule has 0 spiro atoms. The second kappa shape index (κ2) is 5.37.